The molecule has 0 aromatic carbocycles. The summed E-state index contributed by atoms with van der Waals surface area (Å²) < 4.78 is 1.85. The van der Waals surface area contributed by atoms with E-state index < -0.39 is 0 Å². The van der Waals surface area contributed by atoms with Gasteiger partial charge in [-0.25, -0.2) is 9.67 Å². The summed E-state index contributed by atoms with van der Waals surface area (Å²) in [5, 5.41) is 13.2. The Hall–Kier alpha value is -3.03. The van der Waals surface area contributed by atoms with Crippen molar-refractivity contribution in [1.29, 1.82) is 0 Å². The molecule has 0 saturated heterocycles. The zero-order chi connectivity index (χ0) is 17.6. The van der Waals surface area contributed by atoms with Crippen molar-refractivity contribution < 1.29 is 4.79 Å². The van der Waals surface area contributed by atoms with Crippen LogP contribution in [-0.4, -0.2) is 42.3 Å². The van der Waals surface area contributed by atoms with Gasteiger partial charge in [-0.1, -0.05) is 0 Å². The first-order valence-electron chi connectivity index (χ1n) is 8.26. The van der Waals surface area contributed by atoms with Crippen molar-refractivity contribution >= 4 is 22.8 Å². The van der Waals surface area contributed by atoms with Gasteiger partial charge in [-0.15, -0.1) is 5.10 Å². The highest BCUT2D eigenvalue weighted by Crippen LogP contribution is 2.21. The van der Waals surface area contributed by atoms with Gasteiger partial charge in [0.25, 0.3) is 5.91 Å². The highest BCUT2D eigenvalue weighted by molar-refractivity contribution is 5.97. The Bertz CT molecular complexity index is 963. The number of nitrogen functional groups attached to an aromatic ring is 1. The molecule has 0 aliphatic carbocycles. The Morgan fingerprint density at radius 1 is 1.24 bits per heavy atom. The smallest absolute Gasteiger partial charge is 0.255 e. The summed E-state index contributed by atoms with van der Waals surface area (Å²) in [4.78, 5) is 19.1. The number of rotatable bonds is 2. The van der Waals surface area contributed by atoms with Gasteiger partial charge < -0.3 is 10.6 Å². The highest BCUT2D eigenvalue weighted by Gasteiger charge is 2.24. The molecule has 0 bridgehead atoms. The normalized spacial score (nSPS) is 14.1. The number of carbonyl (C=O) groups excluding carboxylic acids is 1. The molecule has 3 aromatic heterocycles. The first kappa shape index (κ1) is 15.5. The zero-order valence-corrected chi connectivity index (χ0v) is 14.2. The molecule has 0 atom stereocenters. The molecule has 4 heterocycles. The van der Waals surface area contributed by atoms with Crippen molar-refractivity contribution in [2.45, 2.75) is 32.9 Å². The Morgan fingerprint density at radius 3 is 2.88 bits per heavy atom. The van der Waals surface area contributed by atoms with Crippen LogP contribution in [0.2, 0.25) is 0 Å². The van der Waals surface area contributed by atoms with Gasteiger partial charge in [0.2, 0.25) is 0 Å². The van der Waals surface area contributed by atoms with Gasteiger partial charge in [0.15, 0.2) is 5.65 Å². The number of fused-ring (bicyclic) bond motifs is 2. The zero-order valence-electron chi connectivity index (χ0n) is 14.2. The average Bonchev–Trinajstić information content (AvgIpc) is 3.03. The average molecular weight is 337 g/mol. The second kappa shape index (κ2) is 5.80. The second-order valence-electron chi connectivity index (χ2n) is 6.54. The fourth-order valence-electron chi connectivity index (χ4n) is 3.14. The first-order chi connectivity index (χ1) is 12.0. The first-order valence-corrected chi connectivity index (χ1v) is 8.26. The van der Waals surface area contributed by atoms with Crippen LogP contribution in [0.1, 0.15) is 41.5 Å². The highest BCUT2D eigenvalue weighted by atomic mass is 16.2. The van der Waals surface area contributed by atoms with E-state index in [2.05, 4.69) is 20.3 Å². The van der Waals surface area contributed by atoms with Crippen LogP contribution in [-0.2, 0) is 13.0 Å². The second-order valence-corrected chi connectivity index (χ2v) is 6.54. The Labute approximate surface area is 144 Å². The van der Waals surface area contributed by atoms with Gasteiger partial charge in [-0.3, -0.25) is 4.79 Å². The largest absolute Gasteiger partial charge is 0.382 e. The molecule has 0 unspecified atom stereocenters. The van der Waals surface area contributed by atoms with E-state index in [-0.39, 0.29) is 11.9 Å². The van der Waals surface area contributed by atoms with Gasteiger partial charge >= 0.3 is 0 Å². The molecule has 1 amide bonds. The number of anilines is 1. The van der Waals surface area contributed by atoms with E-state index >= 15 is 0 Å². The summed E-state index contributed by atoms with van der Waals surface area (Å²) in [7, 11) is 0. The molecule has 0 saturated carbocycles. The number of aromatic nitrogens is 5. The van der Waals surface area contributed by atoms with E-state index in [4.69, 9.17) is 5.73 Å². The van der Waals surface area contributed by atoms with Gasteiger partial charge in [0.05, 0.1) is 17.5 Å². The van der Waals surface area contributed by atoms with Crippen LogP contribution in [0, 0.1) is 0 Å². The molecule has 8 nitrogen and oxygen atoms in total. The van der Waals surface area contributed by atoms with Crippen LogP contribution in [0.25, 0.3) is 11.0 Å². The van der Waals surface area contributed by atoms with Crippen LogP contribution >= 0.6 is 0 Å². The van der Waals surface area contributed by atoms with Crippen LogP contribution in [0.5, 0.6) is 0 Å². The molecule has 8 heteroatoms. The Kier molecular flexibility index (Phi) is 3.60. The lowest BCUT2D eigenvalue weighted by Crippen LogP contribution is -2.36. The number of pyridine rings is 1. The molecule has 1 aliphatic rings. The number of nitrogens with zero attached hydrogens (tertiary/aromatic N) is 6. The fourth-order valence-corrected chi connectivity index (χ4v) is 3.14. The molecular weight excluding hydrogens is 318 g/mol. The van der Waals surface area contributed by atoms with Gasteiger partial charge in [-0.2, -0.15) is 10.2 Å². The third-order valence-electron chi connectivity index (χ3n) is 4.42. The van der Waals surface area contributed by atoms with Crippen LogP contribution < -0.4 is 5.73 Å². The molecule has 3 aromatic rings. The molecule has 0 radical (unpaired) electrons. The van der Waals surface area contributed by atoms with Crippen molar-refractivity contribution in [2.75, 3.05) is 12.3 Å². The minimum atomic E-state index is -0.0484. The molecule has 128 valence electrons. The standard InChI is InChI=1S/C17H19N7O/c1-10(2)24-16-11(8-20-24)5-12(7-19-16)17(25)23-4-3-14-13(9-23)6-15(18)22-21-14/h5-8,10H,3-4,9H2,1-2H3,(H2,18,22). The summed E-state index contributed by atoms with van der Waals surface area (Å²) in [6.45, 7) is 5.19. The Morgan fingerprint density at radius 2 is 2.08 bits per heavy atom. The molecule has 0 fully saturated rings. The maximum Gasteiger partial charge on any atom is 0.255 e. The summed E-state index contributed by atoms with van der Waals surface area (Å²) >= 11 is 0. The van der Waals surface area contributed by atoms with Gasteiger partial charge in [0.1, 0.15) is 5.82 Å². The molecular formula is C17H19N7O. The fraction of sp³-hybridized carbons (Fsp3) is 0.353. The minimum absolute atomic E-state index is 0.0484. The number of amides is 1. The van der Waals surface area contributed by atoms with E-state index in [1.165, 1.54) is 0 Å². The number of hydrogen-bond donors (Lipinski definition) is 1. The molecule has 4 rings (SSSR count). The summed E-state index contributed by atoms with van der Waals surface area (Å²) in [6.07, 6.45) is 4.05. The predicted molar refractivity (Wildman–Crippen MR) is 92.8 cm³/mol. The third kappa shape index (κ3) is 2.69. The van der Waals surface area contributed by atoms with Crippen molar-refractivity contribution in [2.24, 2.45) is 0 Å². The topological polar surface area (TPSA) is 103 Å². The Balaban J connectivity index is 1.62. The van der Waals surface area contributed by atoms with Crippen molar-refractivity contribution in [3.63, 3.8) is 0 Å². The van der Waals surface area contributed by atoms with Crippen LogP contribution in [0.3, 0.4) is 0 Å². The lowest BCUT2D eigenvalue weighted by molar-refractivity contribution is 0.0733. The summed E-state index contributed by atoms with van der Waals surface area (Å²) in [5.41, 5.74) is 8.92. The van der Waals surface area contributed by atoms with E-state index in [1.54, 1.807) is 23.4 Å². The van der Waals surface area contributed by atoms with E-state index in [1.807, 2.05) is 24.6 Å². The SMILES string of the molecule is CC(C)n1ncc2cc(C(=O)N3CCc4nnc(N)cc4C3)cnc21. The van der Waals surface area contributed by atoms with E-state index in [9.17, 15) is 4.79 Å². The predicted octanol–water partition coefficient (Wildman–Crippen LogP) is 1.58. The molecule has 1 aliphatic heterocycles. The van der Waals surface area contributed by atoms with Crippen molar-refractivity contribution in [1.82, 2.24) is 29.9 Å². The van der Waals surface area contributed by atoms with Gasteiger partial charge in [0, 0.05) is 37.1 Å². The number of hydrogen-bond acceptors (Lipinski definition) is 6. The lowest BCUT2D eigenvalue weighted by atomic mass is 10.1. The quantitative estimate of drug-likeness (QED) is 0.761. The summed E-state index contributed by atoms with van der Waals surface area (Å²) in [6, 6.07) is 3.86. The lowest BCUT2D eigenvalue weighted by Gasteiger charge is -2.28. The number of nitrogens with two attached hydrogens (primary N) is 1. The van der Waals surface area contributed by atoms with Crippen LogP contribution in [0.4, 0.5) is 5.82 Å². The molecule has 2 N–H and O–H groups in total. The third-order valence-corrected chi connectivity index (χ3v) is 4.42. The van der Waals surface area contributed by atoms with Crippen LogP contribution in [0.15, 0.2) is 24.5 Å². The number of carbonyl (C=O) groups is 1. The summed E-state index contributed by atoms with van der Waals surface area (Å²) in [5.74, 6) is 0.324. The minimum Gasteiger partial charge on any atom is -0.382 e. The monoisotopic (exact) mass is 337 g/mol. The maximum atomic E-state index is 12.9. The van der Waals surface area contributed by atoms with Gasteiger partial charge in [-0.05, 0) is 31.5 Å². The maximum absolute atomic E-state index is 12.9. The van der Waals surface area contributed by atoms with Crippen molar-refractivity contribution in [3.05, 3.63) is 41.3 Å². The van der Waals surface area contributed by atoms with Crippen molar-refractivity contribution in [3.8, 4) is 0 Å². The van der Waals surface area contributed by atoms with E-state index in [0.29, 0.717) is 30.9 Å². The molecule has 0 spiro atoms. The van der Waals surface area contributed by atoms with E-state index in [0.717, 1.165) is 22.3 Å². The molecule has 25 heavy (non-hydrogen) atoms.